The number of hydrogen-bond donors (Lipinski definition) is 1. The smallest absolute Gasteiger partial charge is 0.228 e. The molecule has 1 aliphatic rings. The molecule has 1 aromatic rings. The highest BCUT2D eigenvalue weighted by molar-refractivity contribution is 6.33. The molecule has 1 fully saturated rings. The van der Waals surface area contributed by atoms with E-state index < -0.39 is 0 Å². The first-order chi connectivity index (χ1) is 8.00. The third kappa shape index (κ3) is 2.60. The van der Waals surface area contributed by atoms with Crippen molar-refractivity contribution in [1.29, 1.82) is 0 Å². The van der Waals surface area contributed by atoms with Crippen molar-refractivity contribution in [2.24, 2.45) is 11.3 Å². The van der Waals surface area contributed by atoms with Crippen molar-refractivity contribution in [1.82, 2.24) is 4.98 Å². The molecule has 1 saturated carbocycles. The molecule has 2 rings (SSSR count). The summed E-state index contributed by atoms with van der Waals surface area (Å²) in [6.45, 7) is 4.30. The summed E-state index contributed by atoms with van der Waals surface area (Å²) < 4.78 is 0. The van der Waals surface area contributed by atoms with Gasteiger partial charge < -0.3 is 5.32 Å². The van der Waals surface area contributed by atoms with E-state index in [1.54, 1.807) is 18.5 Å². The Labute approximate surface area is 107 Å². The minimum atomic E-state index is 0.0578. The van der Waals surface area contributed by atoms with E-state index in [-0.39, 0.29) is 17.2 Å². The predicted molar refractivity (Wildman–Crippen MR) is 69.0 cm³/mol. The van der Waals surface area contributed by atoms with Crippen molar-refractivity contribution in [3.8, 4) is 0 Å². The molecule has 3 nitrogen and oxygen atoms in total. The van der Waals surface area contributed by atoms with Crippen LogP contribution in [0.15, 0.2) is 18.5 Å². The molecule has 92 valence electrons. The van der Waals surface area contributed by atoms with Gasteiger partial charge in [0.05, 0.1) is 16.9 Å². The van der Waals surface area contributed by atoms with E-state index in [4.69, 9.17) is 11.6 Å². The maximum absolute atomic E-state index is 12.2. The highest BCUT2D eigenvalue weighted by atomic mass is 35.5. The normalized spacial score (nSPS) is 22.4. The van der Waals surface area contributed by atoms with Crippen molar-refractivity contribution >= 4 is 23.2 Å². The number of amides is 1. The molecular weight excluding hydrogens is 236 g/mol. The van der Waals surface area contributed by atoms with Crippen molar-refractivity contribution in [2.45, 2.75) is 33.1 Å². The molecule has 1 unspecified atom stereocenters. The summed E-state index contributed by atoms with van der Waals surface area (Å²) in [6, 6.07) is 1.68. The topological polar surface area (TPSA) is 42.0 Å². The molecule has 1 heterocycles. The lowest BCUT2D eigenvalue weighted by molar-refractivity contribution is -0.122. The molecular formula is C13H17ClN2O. The van der Waals surface area contributed by atoms with E-state index in [0.717, 1.165) is 19.3 Å². The number of anilines is 1. The monoisotopic (exact) mass is 252 g/mol. The van der Waals surface area contributed by atoms with Gasteiger partial charge in [-0.25, -0.2) is 0 Å². The predicted octanol–water partition coefficient (Wildman–Crippen LogP) is 3.50. The molecule has 0 saturated heterocycles. The summed E-state index contributed by atoms with van der Waals surface area (Å²) in [5, 5.41) is 3.41. The zero-order chi connectivity index (χ0) is 12.5. The van der Waals surface area contributed by atoms with Gasteiger partial charge in [-0.1, -0.05) is 31.9 Å². The molecule has 0 bridgehead atoms. The van der Waals surface area contributed by atoms with Gasteiger partial charge in [-0.3, -0.25) is 9.78 Å². The summed E-state index contributed by atoms with van der Waals surface area (Å²) in [5.74, 6) is 0.126. The molecule has 1 aromatic heterocycles. The quantitative estimate of drug-likeness (QED) is 0.875. The maximum atomic E-state index is 12.2. The third-order valence-electron chi connectivity index (χ3n) is 3.60. The van der Waals surface area contributed by atoms with Crippen LogP contribution in [0.4, 0.5) is 5.69 Å². The number of nitrogens with zero attached hydrogens (tertiary/aromatic N) is 1. The molecule has 1 atom stereocenters. The number of pyridine rings is 1. The number of hydrogen-bond acceptors (Lipinski definition) is 2. The summed E-state index contributed by atoms with van der Waals surface area (Å²) >= 11 is 5.99. The van der Waals surface area contributed by atoms with Crippen LogP contribution in [-0.2, 0) is 4.79 Å². The Morgan fingerprint density at radius 1 is 1.59 bits per heavy atom. The Bertz CT molecular complexity index is 431. The number of halogens is 1. The Kier molecular flexibility index (Phi) is 3.38. The second-order valence-electron chi connectivity index (χ2n) is 5.28. The number of carbonyl (C=O) groups excluding carboxylic acids is 1. The van der Waals surface area contributed by atoms with Crippen LogP contribution >= 0.6 is 11.6 Å². The molecule has 1 aliphatic carbocycles. The van der Waals surface area contributed by atoms with Crippen LogP contribution < -0.4 is 5.32 Å². The Hall–Kier alpha value is -1.09. The molecule has 4 heteroatoms. The number of carbonyl (C=O) groups is 1. The van der Waals surface area contributed by atoms with Gasteiger partial charge in [-0.05, 0) is 24.3 Å². The van der Waals surface area contributed by atoms with E-state index in [2.05, 4.69) is 24.1 Å². The highest BCUT2D eigenvalue weighted by Crippen LogP contribution is 2.43. The first kappa shape index (κ1) is 12.4. The van der Waals surface area contributed by atoms with Gasteiger partial charge in [0.25, 0.3) is 0 Å². The fourth-order valence-electron chi connectivity index (χ4n) is 2.50. The average Bonchev–Trinajstić information content (AvgIpc) is 2.61. The van der Waals surface area contributed by atoms with Gasteiger partial charge in [0.2, 0.25) is 5.91 Å². The number of rotatable bonds is 2. The SMILES string of the molecule is CC1(C)CCCC1C(=O)Nc1cnccc1Cl. The second kappa shape index (κ2) is 4.65. The first-order valence-corrected chi connectivity index (χ1v) is 6.29. The van der Waals surface area contributed by atoms with E-state index in [0.29, 0.717) is 10.7 Å². The van der Waals surface area contributed by atoms with Crippen LogP contribution in [0.5, 0.6) is 0 Å². The fourth-order valence-corrected chi connectivity index (χ4v) is 2.65. The molecule has 0 spiro atoms. The van der Waals surface area contributed by atoms with Gasteiger partial charge in [0.15, 0.2) is 0 Å². The lowest BCUT2D eigenvalue weighted by Gasteiger charge is -2.25. The molecule has 0 aliphatic heterocycles. The molecule has 0 aromatic carbocycles. The fraction of sp³-hybridized carbons (Fsp3) is 0.538. The first-order valence-electron chi connectivity index (χ1n) is 5.91. The third-order valence-corrected chi connectivity index (χ3v) is 3.93. The number of aromatic nitrogens is 1. The van der Waals surface area contributed by atoms with Crippen molar-refractivity contribution in [3.63, 3.8) is 0 Å². The van der Waals surface area contributed by atoms with Gasteiger partial charge in [-0.15, -0.1) is 0 Å². The Morgan fingerprint density at radius 2 is 2.35 bits per heavy atom. The molecule has 1 N–H and O–H groups in total. The largest absolute Gasteiger partial charge is 0.323 e. The van der Waals surface area contributed by atoms with Gasteiger partial charge in [0.1, 0.15) is 0 Å². The van der Waals surface area contributed by atoms with Gasteiger partial charge in [-0.2, -0.15) is 0 Å². The van der Waals surface area contributed by atoms with Crippen LogP contribution in [0.1, 0.15) is 33.1 Å². The van der Waals surface area contributed by atoms with E-state index >= 15 is 0 Å². The van der Waals surface area contributed by atoms with Crippen LogP contribution in [0, 0.1) is 11.3 Å². The summed E-state index contributed by atoms with van der Waals surface area (Å²) in [5.41, 5.74) is 0.681. The van der Waals surface area contributed by atoms with Crippen LogP contribution in [0.25, 0.3) is 0 Å². The standard InChI is InChI=1S/C13H17ClN2O/c1-13(2)6-3-4-9(13)12(17)16-11-8-15-7-5-10(11)14/h5,7-9H,3-4,6H2,1-2H3,(H,16,17). The molecule has 1 amide bonds. The summed E-state index contributed by atoms with van der Waals surface area (Å²) in [4.78, 5) is 16.1. The zero-order valence-corrected chi connectivity index (χ0v) is 10.9. The lowest BCUT2D eigenvalue weighted by atomic mass is 9.81. The highest BCUT2D eigenvalue weighted by Gasteiger charge is 2.39. The van der Waals surface area contributed by atoms with Crippen molar-refractivity contribution < 1.29 is 4.79 Å². The Morgan fingerprint density at radius 3 is 2.94 bits per heavy atom. The van der Waals surface area contributed by atoms with Crippen molar-refractivity contribution in [2.75, 3.05) is 5.32 Å². The van der Waals surface area contributed by atoms with Crippen LogP contribution in [0.3, 0.4) is 0 Å². The minimum Gasteiger partial charge on any atom is -0.323 e. The van der Waals surface area contributed by atoms with Crippen LogP contribution in [0.2, 0.25) is 5.02 Å². The lowest BCUT2D eigenvalue weighted by Crippen LogP contribution is -2.30. The average molecular weight is 253 g/mol. The molecule has 17 heavy (non-hydrogen) atoms. The van der Waals surface area contributed by atoms with E-state index in [1.807, 2.05) is 0 Å². The summed E-state index contributed by atoms with van der Waals surface area (Å²) in [7, 11) is 0. The summed E-state index contributed by atoms with van der Waals surface area (Å²) in [6.07, 6.45) is 6.37. The Balaban J connectivity index is 2.10. The zero-order valence-electron chi connectivity index (χ0n) is 10.2. The van der Waals surface area contributed by atoms with Crippen molar-refractivity contribution in [3.05, 3.63) is 23.5 Å². The van der Waals surface area contributed by atoms with Crippen LogP contribution in [-0.4, -0.2) is 10.9 Å². The van der Waals surface area contributed by atoms with Gasteiger partial charge in [0, 0.05) is 12.1 Å². The van der Waals surface area contributed by atoms with E-state index in [1.165, 1.54) is 0 Å². The molecule has 0 radical (unpaired) electrons. The number of nitrogens with one attached hydrogen (secondary N) is 1. The minimum absolute atomic E-state index is 0.0578. The second-order valence-corrected chi connectivity index (χ2v) is 5.69. The van der Waals surface area contributed by atoms with E-state index in [9.17, 15) is 4.79 Å². The maximum Gasteiger partial charge on any atom is 0.228 e. The van der Waals surface area contributed by atoms with Gasteiger partial charge >= 0.3 is 0 Å².